The summed E-state index contributed by atoms with van der Waals surface area (Å²) in [6, 6.07) is 0.513. The Morgan fingerprint density at radius 3 is 2.53 bits per heavy atom. The number of carboxylic acids is 1. The van der Waals surface area contributed by atoms with Gasteiger partial charge in [-0.2, -0.15) is 0 Å². The van der Waals surface area contributed by atoms with Crippen molar-refractivity contribution in [1.82, 2.24) is 5.32 Å². The van der Waals surface area contributed by atoms with Crippen molar-refractivity contribution >= 4 is 5.97 Å². The van der Waals surface area contributed by atoms with Crippen LogP contribution < -0.4 is 5.32 Å². The first-order chi connectivity index (χ1) is 7.80. The minimum Gasteiger partial charge on any atom is -0.481 e. The molecule has 0 aromatic rings. The van der Waals surface area contributed by atoms with Crippen molar-refractivity contribution in [1.29, 1.82) is 0 Å². The van der Waals surface area contributed by atoms with E-state index in [0.717, 1.165) is 6.42 Å². The molecule has 2 unspecified atom stereocenters. The molecule has 0 amide bonds. The van der Waals surface area contributed by atoms with Gasteiger partial charge in [0.15, 0.2) is 0 Å². The Kier molecular flexibility index (Phi) is 4.99. The molecule has 0 saturated heterocycles. The molecule has 2 atom stereocenters. The zero-order valence-electron chi connectivity index (χ0n) is 11.6. The summed E-state index contributed by atoms with van der Waals surface area (Å²) in [5, 5.41) is 12.6. The summed E-state index contributed by atoms with van der Waals surface area (Å²) in [6.07, 6.45) is 4.35. The van der Waals surface area contributed by atoms with Gasteiger partial charge in [0.1, 0.15) is 0 Å². The van der Waals surface area contributed by atoms with Crippen molar-refractivity contribution in [2.45, 2.75) is 59.4 Å². The number of carboxylic acid groups (broad SMARTS) is 1. The second-order valence-electron chi connectivity index (χ2n) is 6.68. The molecule has 0 radical (unpaired) electrons. The monoisotopic (exact) mass is 241 g/mol. The minimum atomic E-state index is -0.663. The molecule has 1 aliphatic carbocycles. The number of rotatable bonds is 6. The van der Waals surface area contributed by atoms with Gasteiger partial charge in [0.2, 0.25) is 0 Å². The van der Waals surface area contributed by atoms with Crippen molar-refractivity contribution in [3.8, 4) is 0 Å². The van der Waals surface area contributed by atoms with Gasteiger partial charge in [-0.05, 0) is 37.0 Å². The first-order valence-corrected chi connectivity index (χ1v) is 6.76. The fourth-order valence-corrected chi connectivity index (χ4v) is 2.76. The molecule has 0 aliphatic heterocycles. The van der Waals surface area contributed by atoms with Gasteiger partial charge in [-0.3, -0.25) is 4.79 Å². The molecule has 0 heterocycles. The number of aliphatic carboxylic acids is 1. The number of hydrogen-bond donors (Lipinski definition) is 2. The van der Waals surface area contributed by atoms with Crippen LogP contribution >= 0.6 is 0 Å². The van der Waals surface area contributed by atoms with Gasteiger partial charge >= 0.3 is 5.97 Å². The molecule has 0 aromatic heterocycles. The van der Waals surface area contributed by atoms with Crippen LogP contribution in [0.1, 0.15) is 53.4 Å². The van der Waals surface area contributed by atoms with E-state index in [1.165, 1.54) is 19.3 Å². The highest BCUT2D eigenvalue weighted by atomic mass is 16.4. The van der Waals surface area contributed by atoms with Gasteiger partial charge in [-0.15, -0.1) is 0 Å². The topological polar surface area (TPSA) is 49.3 Å². The lowest BCUT2D eigenvalue weighted by atomic mass is 9.91. The number of carbonyl (C=O) groups is 1. The van der Waals surface area contributed by atoms with Gasteiger partial charge in [0.25, 0.3) is 0 Å². The minimum absolute atomic E-state index is 0.237. The smallest absolute Gasteiger partial charge is 0.307 e. The molecule has 0 aromatic carbocycles. The summed E-state index contributed by atoms with van der Waals surface area (Å²) in [5.74, 6) is -0.458. The molecule has 2 N–H and O–H groups in total. The molecular formula is C14H27NO2. The Hall–Kier alpha value is -0.570. The summed E-state index contributed by atoms with van der Waals surface area (Å²) in [4.78, 5) is 11.1. The third-order valence-corrected chi connectivity index (χ3v) is 3.73. The molecule has 3 heteroatoms. The fraction of sp³-hybridized carbons (Fsp3) is 0.929. The zero-order chi connectivity index (χ0) is 13.1. The highest BCUT2D eigenvalue weighted by Gasteiger charge is 2.31. The van der Waals surface area contributed by atoms with Crippen LogP contribution in [0.25, 0.3) is 0 Å². The lowest BCUT2D eigenvalue weighted by Crippen LogP contribution is -2.35. The van der Waals surface area contributed by atoms with Crippen molar-refractivity contribution < 1.29 is 9.90 Å². The van der Waals surface area contributed by atoms with E-state index in [0.29, 0.717) is 23.9 Å². The predicted molar refractivity (Wildman–Crippen MR) is 70.0 cm³/mol. The van der Waals surface area contributed by atoms with Crippen LogP contribution in [0.2, 0.25) is 0 Å². The van der Waals surface area contributed by atoms with Crippen LogP contribution in [0.3, 0.4) is 0 Å². The molecule has 0 bridgehead atoms. The van der Waals surface area contributed by atoms with Crippen LogP contribution in [-0.2, 0) is 4.79 Å². The van der Waals surface area contributed by atoms with Crippen LogP contribution in [0.4, 0.5) is 0 Å². The molecule has 17 heavy (non-hydrogen) atoms. The number of nitrogens with one attached hydrogen (secondary N) is 1. The summed E-state index contributed by atoms with van der Waals surface area (Å²) in [7, 11) is 0. The molecule has 3 nitrogen and oxygen atoms in total. The normalized spacial score (nSPS) is 25.1. The Morgan fingerprint density at radius 2 is 2.12 bits per heavy atom. The maximum atomic E-state index is 11.1. The van der Waals surface area contributed by atoms with Gasteiger partial charge < -0.3 is 10.4 Å². The average Bonchev–Trinajstić information content (AvgIpc) is 2.52. The standard InChI is InChI=1S/C14H27NO2/c1-10(2)7-11(13(16)17)9-15-12-5-6-14(3,4)8-12/h10-12,15H,5-9H2,1-4H3,(H,16,17). The van der Waals surface area contributed by atoms with Crippen molar-refractivity contribution in [3.05, 3.63) is 0 Å². The zero-order valence-corrected chi connectivity index (χ0v) is 11.6. The average molecular weight is 241 g/mol. The molecule has 1 fully saturated rings. The maximum absolute atomic E-state index is 11.1. The Balaban J connectivity index is 2.35. The van der Waals surface area contributed by atoms with Crippen LogP contribution in [0, 0.1) is 17.3 Å². The highest BCUT2D eigenvalue weighted by molar-refractivity contribution is 5.70. The van der Waals surface area contributed by atoms with E-state index in [1.54, 1.807) is 0 Å². The molecule has 1 aliphatic rings. The molecule has 1 rings (SSSR count). The fourth-order valence-electron chi connectivity index (χ4n) is 2.76. The third-order valence-electron chi connectivity index (χ3n) is 3.73. The molecule has 100 valence electrons. The van der Waals surface area contributed by atoms with E-state index < -0.39 is 5.97 Å². The van der Waals surface area contributed by atoms with E-state index in [-0.39, 0.29) is 5.92 Å². The van der Waals surface area contributed by atoms with E-state index in [2.05, 4.69) is 33.0 Å². The summed E-state index contributed by atoms with van der Waals surface area (Å²) >= 11 is 0. The number of hydrogen-bond acceptors (Lipinski definition) is 2. The molecule has 0 spiro atoms. The maximum Gasteiger partial charge on any atom is 0.307 e. The van der Waals surface area contributed by atoms with Gasteiger partial charge in [0, 0.05) is 12.6 Å². The van der Waals surface area contributed by atoms with Crippen LogP contribution in [-0.4, -0.2) is 23.7 Å². The quantitative estimate of drug-likeness (QED) is 0.751. The Morgan fingerprint density at radius 1 is 1.47 bits per heavy atom. The van der Waals surface area contributed by atoms with E-state index in [4.69, 9.17) is 5.11 Å². The second-order valence-corrected chi connectivity index (χ2v) is 6.68. The van der Waals surface area contributed by atoms with Crippen molar-refractivity contribution in [2.24, 2.45) is 17.3 Å². The van der Waals surface area contributed by atoms with E-state index >= 15 is 0 Å². The SMILES string of the molecule is CC(C)CC(CNC1CCC(C)(C)C1)C(=O)O. The van der Waals surface area contributed by atoms with Gasteiger partial charge in [-0.1, -0.05) is 27.7 Å². The molecular weight excluding hydrogens is 214 g/mol. The largest absolute Gasteiger partial charge is 0.481 e. The summed E-state index contributed by atoms with van der Waals surface area (Å²) < 4.78 is 0. The first kappa shape index (κ1) is 14.5. The summed E-state index contributed by atoms with van der Waals surface area (Å²) in [6.45, 7) is 9.35. The second kappa shape index (κ2) is 5.85. The van der Waals surface area contributed by atoms with E-state index in [1.807, 2.05) is 0 Å². The molecule has 1 saturated carbocycles. The first-order valence-electron chi connectivity index (χ1n) is 6.76. The predicted octanol–water partition coefficient (Wildman–Crippen LogP) is 2.90. The summed E-state index contributed by atoms with van der Waals surface area (Å²) in [5.41, 5.74) is 0.425. The van der Waals surface area contributed by atoms with Gasteiger partial charge in [0.05, 0.1) is 5.92 Å². The van der Waals surface area contributed by atoms with Crippen molar-refractivity contribution in [2.75, 3.05) is 6.54 Å². The third kappa shape index (κ3) is 5.07. The highest BCUT2D eigenvalue weighted by Crippen LogP contribution is 2.36. The van der Waals surface area contributed by atoms with Crippen LogP contribution in [0.15, 0.2) is 0 Å². The van der Waals surface area contributed by atoms with Crippen molar-refractivity contribution in [3.63, 3.8) is 0 Å². The van der Waals surface area contributed by atoms with Crippen LogP contribution in [0.5, 0.6) is 0 Å². The Labute approximate surface area is 105 Å². The van der Waals surface area contributed by atoms with E-state index in [9.17, 15) is 4.79 Å². The van der Waals surface area contributed by atoms with Gasteiger partial charge in [-0.25, -0.2) is 0 Å². The lowest BCUT2D eigenvalue weighted by Gasteiger charge is -2.20. The lowest BCUT2D eigenvalue weighted by molar-refractivity contribution is -0.142. The Bertz CT molecular complexity index is 261.